The highest BCUT2D eigenvalue weighted by atomic mass is 32.1. The molecular formula is C14H12N4O4S. The Morgan fingerprint density at radius 1 is 1.43 bits per heavy atom. The number of nitrogens with one attached hydrogen (secondary N) is 1. The van der Waals surface area contributed by atoms with Crippen LogP contribution in [0.1, 0.15) is 5.69 Å². The Morgan fingerprint density at radius 3 is 3.00 bits per heavy atom. The van der Waals surface area contributed by atoms with Crippen LogP contribution >= 0.6 is 11.3 Å². The van der Waals surface area contributed by atoms with Gasteiger partial charge in [0.1, 0.15) is 5.75 Å². The Kier molecular flexibility index (Phi) is 3.94. The highest BCUT2D eigenvalue weighted by Gasteiger charge is 2.12. The van der Waals surface area contributed by atoms with Crippen LogP contribution < -0.4 is 15.6 Å². The highest BCUT2D eigenvalue weighted by Crippen LogP contribution is 2.29. The lowest BCUT2D eigenvalue weighted by atomic mass is 10.2. The smallest absolute Gasteiger partial charge is 0.271 e. The van der Waals surface area contributed by atoms with Gasteiger partial charge in [-0.1, -0.05) is 0 Å². The van der Waals surface area contributed by atoms with Gasteiger partial charge in [0.05, 0.1) is 30.0 Å². The van der Waals surface area contributed by atoms with Crippen LogP contribution in [0.4, 0.5) is 11.4 Å². The minimum Gasteiger partial charge on any atom is -0.495 e. The standard InChI is InChI=1S/C14H12N4O4S/c1-22-12-3-2-10(18(20)21)7-11(12)15-8-9-6-13(19)17-4-5-23-14(17)16-9/h2-7,15H,8H2,1H3. The first-order chi connectivity index (χ1) is 11.1. The molecule has 0 atom stereocenters. The monoisotopic (exact) mass is 332 g/mol. The molecule has 0 saturated heterocycles. The number of fused-ring (bicyclic) bond motifs is 1. The second-order valence-electron chi connectivity index (χ2n) is 4.64. The zero-order chi connectivity index (χ0) is 16.4. The van der Waals surface area contributed by atoms with Gasteiger partial charge in [0.15, 0.2) is 4.96 Å². The molecule has 8 nitrogen and oxygen atoms in total. The molecule has 0 spiro atoms. The first-order valence-corrected chi connectivity index (χ1v) is 7.48. The average molecular weight is 332 g/mol. The molecule has 0 aliphatic heterocycles. The van der Waals surface area contributed by atoms with E-state index >= 15 is 0 Å². The lowest BCUT2D eigenvalue weighted by molar-refractivity contribution is -0.384. The summed E-state index contributed by atoms with van der Waals surface area (Å²) in [6, 6.07) is 5.70. The summed E-state index contributed by atoms with van der Waals surface area (Å²) in [6.07, 6.45) is 1.66. The molecule has 1 aromatic carbocycles. The third-order valence-electron chi connectivity index (χ3n) is 3.21. The number of methoxy groups -OCH3 is 1. The van der Waals surface area contributed by atoms with E-state index in [1.807, 2.05) is 0 Å². The fourth-order valence-electron chi connectivity index (χ4n) is 2.11. The Balaban J connectivity index is 1.88. The molecular weight excluding hydrogens is 320 g/mol. The summed E-state index contributed by atoms with van der Waals surface area (Å²) in [5.74, 6) is 0.476. The lowest BCUT2D eigenvalue weighted by Crippen LogP contribution is -2.14. The van der Waals surface area contributed by atoms with Crippen molar-refractivity contribution in [3.63, 3.8) is 0 Å². The summed E-state index contributed by atoms with van der Waals surface area (Å²) in [6.45, 7) is 0.251. The quantitative estimate of drug-likeness (QED) is 0.568. The van der Waals surface area contributed by atoms with E-state index in [0.717, 1.165) is 0 Å². The predicted molar refractivity (Wildman–Crippen MR) is 86.3 cm³/mol. The summed E-state index contributed by atoms with van der Waals surface area (Å²) in [4.78, 5) is 27.3. The van der Waals surface area contributed by atoms with E-state index in [-0.39, 0.29) is 17.8 Å². The van der Waals surface area contributed by atoms with Gasteiger partial charge in [0.25, 0.3) is 11.2 Å². The Bertz CT molecular complexity index is 934. The molecule has 0 aliphatic rings. The predicted octanol–water partition coefficient (Wildman–Crippen LogP) is 2.28. The van der Waals surface area contributed by atoms with Crippen molar-refractivity contribution in [3.05, 3.63) is 62.0 Å². The maximum atomic E-state index is 11.9. The van der Waals surface area contributed by atoms with E-state index in [4.69, 9.17) is 4.74 Å². The van der Waals surface area contributed by atoms with Crippen molar-refractivity contribution in [1.82, 2.24) is 9.38 Å². The van der Waals surface area contributed by atoms with Crippen molar-refractivity contribution < 1.29 is 9.66 Å². The van der Waals surface area contributed by atoms with Gasteiger partial charge in [-0.25, -0.2) is 4.98 Å². The Hall–Kier alpha value is -2.94. The number of nitro groups is 1. The third-order valence-corrected chi connectivity index (χ3v) is 3.97. The highest BCUT2D eigenvalue weighted by molar-refractivity contribution is 7.15. The van der Waals surface area contributed by atoms with E-state index < -0.39 is 4.92 Å². The zero-order valence-corrected chi connectivity index (χ0v) is 12.9. The van der Waals surface area contributed by atoms with Crippen LogP contribution in [0.3, 0.4) is 0 Å². The second kappa shape index (κ2) is 6.05. The molecule has 0 radical (unpaired) electrons. The molecule has 23 heavy (non-hydrogen) atoms. The molecule has 3 rings (SSSR count). The van der Waals surface area contributed by atoms with Gasteiger partial charge in [-0.2, -0.15) is 0 Å². The first-order valence-electron chi connectivity index (χ1n) is 6.60. The average Bonchev–Trinajstić information content (AvgIpc) is 3.01. The second-order valence-corrected chi connectivity index (χ2v) is 5.51. The normalized spacial score (nSPS) is 10.7. The topological polar surface area (TPSA) is 98.8 Å². The fraction of sp³-hybridized carbons (Fsp3) is 0.143. The van der Waals surface area contributed by atoms with Crippen LogP contribution in [0, 0.1) is 10.1 Å². The molecule has 9 heteroatoms. The van der Waals surface area contributed by atoms with E-state index in [2.05, 4.69) is 10.3 Å². The number of nitro benzene ring substituents is 1. The van der Waals surface area contributed by atoms with E-state index in [1.54, 1.807) is 11.6 Å². The van der Waals surface area contributed by atoms with Crippen molar-refractivity contribution in [2.24, 2.45) is 0 Å². The largest absolute Gasteiger partial charge is 0.495 e. The van der Waals surface area contributed by atoms with Crippen molar-refractivity contribution >= 4 is 27.7 Å². The van der Waals surface area contributed by atoms with Gasteiger partial charge in [-0.05, 0) is 6.07 Å². The number of rotatable bonds is 5. The van der Waals surface area contributed by atoms with Crippen molar-refractivity contribution in [2.75, 3.05) is 12.4 Å². The lowest BCUT2D eigenvalue weighted by Gasteiger charge is -2.10. The summed E-state index contributed by atoms with van der Waals surface area (Å²) < 4.78 is 6.64. The molecule has 0 aliphatic carbocycles. The van der Waals surface area contributed by atoms with Crippen LogP contribution in [-0.4, -0.2) is 21.4 Å². The number of benzene rings is 1. The maximum Gasteiger partial charge on any atom is 0.271 e. The molecule has 2 aromatic heterocycles. The van der Waals surface area contributed by atoms with Crippen LogP contribution in [-0.2, 0) is 6.54 Å². The SMILES string of the molecule is COc1ccc([N+](=O)[O-])cc1NCc1cc(=O)n2ccsc2n1. The number of hydrogen-bond acceptors (Lipinski definition) is 7. The number of thiazole rings is 1. The molecule has 0 fully saturated rings. The minimum atomic E-state index is -0.479. The van der Waals surface area contributed by atoms with Gasteiger partial charge in [-0.15, -0.1) is 11.3 Å². The fourth-order valence-corrected chi connectivity index (χ4v) is 2.85. The summed E-state index contributed by atoms with van der Waals surface area (Å²) in [7, 11) is 1.48. The number of nitrogens with zero attached hydrogens (tertiary/aromatic N) is 3. The molecule has 0 bridgehead atoms. The molecule has 2 heterocycles. The van der Waals surface area contributed by atoms with E-state index in [0.29, 0.717) is 22.1 Å². The van der Waals surface area contributed by atoms with Gasteiger partial charge < -0.3 is 10.1 Å². The summed E-state index contributed by atoms with van der Waals surface area (Å²) in [5, 5.41) is 15.7. The van der Waals surface area contributed by atoms with E-state index in [9.17, 15) is 14.9 Å². The number of hydrogen-bond donors (Lipinski definition) is 1. The molecule has 0 amide bonds. The van der Waals surface area contributed by atoms with Crippen LogP contribution in [0.25, 0.3) is 4.96 Å². The molecule has 1 N–H and O–H groups in total. The van der Waals surface area contributed by atoms with Crippen molar-refractivity contribution in [3.8, 4) is 5.75 Å². The molecule has 0 saturated carbocycles. The number of non-ortho nitro benzene ring substituents is 1. The van der Waals surface area contributed by atoms with Gasteiger partial charge in [0.2, 0.25) is 0 Å². The summed E-state index contributed by atoms with van der Waals surface area (Å²) in [5.41, 5.74) is 0.801. The maximum absolute atomic E-state index is 11.9. The van der Waals surface area contributed by atoms with Crippen LogP contribution in [0.15, 0.2) is 40.6 Å². The Morgan fingerprint density at radius 2 is 2.26 bits per heavy atom. The van der Waals surface area contributed by atoms with Crippen molar-refractivity contribution in [1.29, 1.82) is 0 Å². The first kappa shape index (κ1) is 15.0. The van der Waals surface area contributed by atoms with Gasteiger partial charge >= 0.3 is 0 Å². The van der Waals surface area contributed by atoms with Gasteiger partial charge in [0, 0.05) is 29.8 Å². The van der Waals surface area contributed by atoms with Crippen LogP contribution in [0.2, 0.25) is 0 Å². The number of ether oxygens (including phenoxy) is 1. The molecule has 3 aromatic rings. The third kappa shape index (κ3) is 2.99. The minimum absolute atomic E-state index is 0.0463. The van der Waals surface area contributed by atoms with E-state index in [1.165, 1.54) is 47.1 Å². The summed E-state index contributed by atoms with van der Waals surface area (Å²) >= 11 is 1.36. The van der Waals surface area contributed by atoms with Crippen molar-refractivity contribution in [2.45, 2.75) is 6.54 Å². The van der Waals surface area contributed by atoms with Gasteiger partial charge in [-0.3, -0.25) is 19.3 Å². The number of aromatic nitrogens is 2. The molecule has 0 unspecified atom stereocenters. The Labute approximate surface area is 134 Å². The molecule has 118 valence electrons. The number of anilines is 1. The van der Waals surface area contributed by atoms with Crippen LogP contribution in [0.5, 0.6) is 5.75 Å². The zero-order valence-electron chi connectivity index (χ0n) is 12.1.